The van der Waals surface area contributed by atoms with Gasteiger partial charge in [0.1, 0.15) is 0 Å². The molecule has 2 aromatic carbocycles. The third-order valence-electron chi connectivity index (χ3n) is 5.79. The summed E-state index contributed by atoms with van der Waals surface area (Å²) in [6.07, 6.45) is 3.72. The highest BCUT2D eigenvalue weighted by atomic mass is 35.5. The van der Waals surface area contributed by atoms with Crippen LogP contribution in [-0.4, -0.2) is 21.0 Å². The molecule has 2 aromatic rings. The van der Waals surface area contributed by atoms with E-state index in [1.54, 1.807) is 12.1 Å². The molecule has 0 heterocycles. The smallest absolute Gasteiger partial charge is 0.494 e. The van der Waals surface area contributed by atoms with Crippen LogP contribution >= 0.6 is 23.2 Å². The molecular weight excluding hydrogens is 460 g/mol. The van der Waals surface area contributed by atoms with E-state index in [4.69, 9.17) is 27.9 Å². The SMILES string of the molecule is COc1c(Cl)cc(C2=C(c3ccc(S(=O)(=O)C(F)(F)F)cc3)CC3(CC3)C2)cc1Cl. The Bertz CT molecular complexity index is 1130. The third-order valence-corrected chi connectivity index (χ3v) is 7.86. The van der Waals surface area contributed by atoms with Crippen molar-refractivity contribution in [3.05, 3.63) is 57.6 Å². The van der Waals surface area contributed by atoms with E-state index in [-0.39, 0.29) is 5.41 Å². The van der Waals surface area contributed by atoms with Gasteiger partial charge in [-0.05, 0) is 77.6 Å². The lowest BCUT2D eigenvalue weighted by Crippen LogP contribution is -2.23. The van der Waals surface area contributed by atoms with Gasteiger partial charge in [-0.2, -0.15) is 13.2 Å². The summed E-state index contributed by atoms with van der Waals surface area (Å²) in [7, 11) is -3.90. The van der Waals surface area contributed by atoms with Crippen LogP contribution in [0.5, 0.6) is 5.75 Å². The van der Waals surface area contributed by atoms with Crippen molar-refractivity contribution < 1.29 is 26.3 Å². The van der Waals surface area contributed by atoms with Crippen LogP contribution in [-0.2, 0) is 9.84 Å². The molecule has 2 aliphatic carbocycles. The zero-order chi connectivity index (χ0) is 21.9. The number of hydrogen-bond acceptors (Lipinski definition) is 3. The van der Waals surface area contributed by atoms with Crippen LogP contribution in [0.4, 0.5) is 13.2 Å². The van der Waals surface area contributed by atoms with Crippen molar-refractivity contribution in [2.45, 2.75) is 36.1 Å². The molecule has 0 N–H and O–H groups in total. The van der Waals surface area contributed by atoms with Crippen molar-refractivity contribution in [1.82, 2.24) is 0 Å². The predicted molar refractivity (Wildman–Crippen MR) is 110 cm³/mol. The number of halogens is 5. The van der Waals surface area contributed by atoms with Gasteiger partial charge in [0.2, 0.25) is 0 Å². The number of methoxy groups -OCH3 is 1. The first-order valence-corrected chi connectivity index (χ1v) is 11.4. The second kappa shape index (κ2) is 7.18. The molecule has 4 rings (SSSR count). The van der Waals surface area contributed by atoms with Gasteiger partial charge < -0.3 is 4.74 Å². The lowest BCUT2D eigenvalue weighted by atomic mass is 9.97. The first kappa shape index (κ1) is 21.5. The van der Waals surface area contributed by atoms with Gasteiger partial charge in [0, 0.05) is 0 Å². The highest BCUT2D eigenvalue weighted by Crippen LogP contribution is 2.63. The summed E-state index contributed by atoms with van der Waals surface area (Å²) in [6, 6.07) is 8.42. The normalized spacial score (nSPS) is 18.2. The molecule has 2 aliphatic rings. The molecule has 1 fully saturated rings. The fraction of sp³-hybridized carbons (Fsp3) is 0.333. The van der Waals surface area contributed by atoms with Crippen LogP contribution in [0.2, 0.25) is 10.0 Å². The molecule has 0 amide bonds. The maximum absolute atomic E-state index is 12.8. The molecule has 160 valence electrons. The number of allylic oxidation sites excluding steroid dienone is 2. The minimum absolute atomic E-state index is 0.153. The van der Waals surface area contributed by atoms with E-state index >= 15 is 0 Å². The van der Waals surface area contributed by atoms with Crippen LogP contribution in [0.25, 0.3) is 11.1 Å². The zero-order valence-corrected chi connectivity index (χ0v) is 18.1. The summed E-state index contributed by atoms with van der Waals surface area (Å²) in [4.78, 5) is -0.768. The fourth-order valence-electron chi connectivity index (χ4n) is 4.01. The van der Waals surface area contributed by atoms with Crippen molar-refractivity contribution in [3.8, 4) is 5.75 Å². The molecule has 0 radical (unpaired) electrons. The van der Waals surface area contributed by atoms with E-state index in [1.807, 2.05) is 0 Å². The van der Waals surface area contributed by atoms with E-state index in [9.17, 15) is 21.6 Å². The molecule has 0 saturated heterocycles. The Morgan fingerprint density at radius 1 is 0.933 bits per heavy atom. The maximum atomic E-state index is 12.8. The Kier molecular flexibility index (Phi) is 5.15. The minimum atomic E-state index is -5.38. The van der Waals surface area contributed by atoms with Gasteiger partial charge in [0.05, 0.1) is 22.1 Å². The molecule has 9 heteroatoms. The van der Waals surface area contributed by atoms with E-state index in [1.165, 1.54) is 19.2 Å². The average molecular weight is 477 g/mol. The highest BCUT2D eigenvalue weighted by Gasteiger charge is 2.49. The summed E-state index contributed by atoms with van der Waals surface area (Å²) in [5.41, 5.74) is -1.66. The Morgan fingerprint density at radius 2 is 1.43 bits per heavy atom. The predicted octanol–water partition coefficient (Wildman–Crippen LogP) is 6.78. The molecule has 1 saturated carbocycles. The monoisotopic (exact) mass is 476 g/mol. The van der Waals surface area contributed by atoms with Crippen molar-refractivity contribution >= 4 is 44.2 Å². The molecule has 1 spiro atoms. The van der Waals surface area contributed by atoms with Crippen LogP contribution < -0.4 is 4.74 Å². The standard InChI is InChI=1S/C21H17Cl2F3O3S/c1-29-19-17(22)8-13(9-18(19)23)16-11-20(6-7-20)10-15(16)12-2-4-14(5-3-12)30(27,28)21(24,25)26/h2-5,8-9H,6-7,10-11H2,1H3. The summed E-state index contributed by atoms with van der Waals surface area (Å²) in [6.45, 7) is 0. The Hall–Kier alpha value is -1.70. The summed E-state index contributed by atoms with van der Waals surface area (Å²) < 4.78 is 66.9. The Morgan fingerprint density at radius 3 is 1.87 bits per heavy atom. The van der Waals surface area contributed by atoms with Crippen molar-refractivity contribution in [2.24, 2.45) is 5.41 Å². The first-order valence-electron chi connectivity index (χ1n) is 9.15. The average Bonchev–Trinajstić information content (AvgIpc) is 3.31. The number of ether oxygens (including phenoxy) is 1. The number of sulfone groups is 1. The van der Waals surface area contributed by atoms with Crippen molar-refractivity contribution in [1.29, 1.82) is 0 Å². The zero-order valence-electron chi connectivity index (χ0n) is 15.8. The lowest BCUT2D eigenvalue weighted by Gasteiger charge is -2.13. The number of hydrogen-bond donors (Lipinski definition) is 0. The van der Waals surface area contributed by atoms with Crippen LogP contribution in [0, 0.1) is 5.41 Å². The van der Waals surface area contributed by atoms with E-state index in [0.29, 0.717) is 21.4 Å². The van der Waals surface area contributed by atoms with E-state index < -0.39 is 20.2 Å². The minimum Gasteiger partial charge on any atom is -0.494 e. The largest absolute Gasteiger partial charge is 0.501 e. The molecule has 0 unspecified atom stereocenters. The Balaban J connectivity index is 1.78. The van der Waals surface area contributed by atoms with Crippen LogP contribution in [0.15, 0.2) is 41.3 Å². The second-order valence-electron chi connectivity index (χ2n) is 7.76. The van der Waals surface area contributed by atoms with E-state index in [2.05, 4.69) is 0 Å². The molecular formula is C21H17Cl2F3O3S. The summed E-state index contributed by atoms with van der Waals surface area (Å²) in [5, 5.41) is 0.741. The maximum Gasteiger partial charge on any atom is 0.501 e. The number of rotatable bonds is 4. The van der Waals surface area contributed by atoms with Gasteiger partial charge in [0.15, 0.2) is 5.75 Å². The van der Waals surface area contributed by atoms with Gasteiger partial charge in [-0.3, -0.25) is 0 Å². The van der Waals surface area contributed by atoms with Gasteiger partial charge in [-0.15, -0.1) is 0 Å². The fourth-order valence-corrected chi connectivity index (χ4v) is 5.41. The number of benzene rings is 2. The van der Waals surface area contributed by atoms with Crippen molar-refractivity contribution in [3.63, 3.8) is 0 Å². The molecule has 30 heavy (non-hydrogen) atoms. The molecule has 3 nitrogen and oxygen atoms in total. The van der Waals surface area contributed by atoms with Crippen LogP contribution in [0.3, 0.4) is 0 Å². The summed E-state index contributed by atoms with van der Waals surface area (Å²) in [5.74, 6) is 0.380. The number of alkyl halides is 3. The molecule has 0 aromatic heterocycles. The first-order chi connectivity index (χ1) is 14.0. The van der Waals surface area contributed by atoms with Crippen LogP contribution in [0.1, 0.15) is 36.8 Å². The Labute approximate surface area is 182 Å². The lowest BCUT2D eigenvalue weighted by molar-refractivity contribution is -0.0436. The molecule has 0 bridgehead atoms. The quantitative estimate of drug-likeness (QED) is 0.488. The third kappa shape index (κ3) is 3.61. The van der Waals surface area contributed by atoms with Gasteiger partial charge in [-0.1, -0.05) is 35.3 Å². The van der Waals surface area contributed by atoms with Gasteiger partial charge in [0.25, 0.3) is 9.84 Å². The highest BCUT2D eigenvalue weighted by molar-refractivity contribution is 7.92. The van der Waals surface area contributed by atoms with Crippen molar-refractivity contribution in [2.75, 3.05) is 7.11 Å². The topological polar surface area (TPSA) is 43.4 Å². The summed E-state index contributed by atoms with van der Waals surface area (Å²) >= 11 is 12.6. The van der Waals surface area contributed by atoms with Gasteiger partial charge in [-0.25, -0.2) is 8.42 Å². The molecule has 0 aliphatic heterocycles. The van der Waals surface area contributed by atoms with E-state index in [0.717, 1.165) is 54.5 Å². The van der Waals surface area contributed by atoms with Gasteiger partial charge >= 0.3 is 5.51 Å². The second-order valence-corrected chi connectivity index (χ2v) is 10.5. The molecule has 0 atom stereocenters.